The van der Waals surface area contributed by atoms with E-state index in [0.717, 1.165) is 52.2 Å². The highest BCUT2D eigenvalue weighted by atomic mass is 32.2. The van der Waals surface area contributed by atoms with E-state index in [9.17, 15) is 9.59 Å². The number of rotatable bonds is 4. The number of nitrogens with one attached hydrogen (secondary N) is 1. The normalized spacial score (nSPS) is 19.1. The Kier molecular flexibility index (Phi) is 6.36. The number of amides is 1. The Morgan fingerprint density at radius 3 is 2.82 bits per heavy atom. The Morgan fingerprint density at radius 2 is 2.00 bits per heavy atom. The van der Waals surface area contributed by atoms with Crippen molar-refractivity contribution in [1.82, 2.24) is 14.5 Å². The molecule has 0 aliphatic carbocycles. The highest BCUT2D eigenvalue weighted by molar-refractivity contribution is 8.23. The number of nitrogens with zero attached hydrogens (tertiary/aromatic N) is 3. The van der Waals surface area contributed by atoms with Gasteiger partial charge in [-0.3, -0.25) is 9.59 Å². The van der Waals surface area contributed by atoms with E-state index >= 15 is 0 Å². The first-order valence-electron chi connectivity index (χ1n) is 10.9. The van der Waals surface area contributed by atoms with Crippen molar-refractivity contribution >= 4 is 50.7 Å². The van der Waals surface area contributed by atoms with Gasteiger partial charge in [-0.25, -0.2) is 4.98 Å². The molecule has 6 nitrogen and oxygen atoms in total. The van der Waals surface area contributed by atoms with Crippen molar-refractivity contribution in [2.24, 2.45) is 5.92 Å². The maximum absolute atomic E-state index is 12.6. The number of pyridine rings is 1. The molecule has 2 aliphatic rings. The molecule has 2 atom stereocenters. The number of hydrogen-bond donors (Lipinski definition) is 1. The second-order valence-electron chi connectivity index (χ2n) is 8.50. The number of likely N-dealkylation sites (tertiary alicyclic amines) is 1. The lowest BCUT2D eigenvalue weighted by Crippen LogP contribution is -2.48. The Hall–Kier alpha value is -2.49. The zero-order valence-electron chi connectivity index (χ0n) is 18.2. The van der Waals surface area contributed by atoms with Crippen LogP contribution in [0.4, 0.5) is 5.13 Å². The van der Waals surface area contributed by atoms with Crippen molar-refractivity contribution in [1.29, 1.82) is 0 Å². The zero-order valence-corrected chi connectivity index (χ0v) is 20.6. The van der Waals surface area contributed by atoms with E-state index in [4.69, 9.17) is 12.2 Å². The molecule has 2 aromatic heterocycles. The van der Waals surface area contributed by atoms with E-state index in [0.29, 0.717) is 17.0 Å². The second-order valence-corrected chi connectivity index (χ2v) is 11.3. The van der Waals surface area contributed by atoms with E-state index in [1.807, 2.05) is 47.9 Å². The van der Waals surface area contributed by atoms with Crippen LogP contribution in [0.25, 0.3) is 11.3 Å². The number of anilines is 1. The van der Waals surface area contributed by atoms with Crippen molar-refractivity contribution in [3.05, 3.63) is 69.5 Å². The van der Waals surface area contributed by atoms with Gasteiger partial charge >= 0.3 is 0 Å². The molecule has 2 bridgehead atoms. The summed E-state index contributed by atoms with van der Waals surface area (Å²) in [5.74, 6) is 0.844. The van der Waals surface area contributed by atoms with Gasteiger partial charge in [0.15, 0.2) is 5.13 Å². The minimum absolute atomic E-state index is 0.0807. The monoisotopic (exact) mass is 496 g/mol. The van der Waals surface area contributed by atoms with Gasteiger partial charge in [-0.2, -0.15) is 0 Å². The number of piperidine rings is 1. The first-order chi connectivity index (χ1) is 16.0. The van der Waals surface area contributed by atoms with Gasteiger partial charge in [0, 0.05) is 47.8 Å². The Morgan fingerprint density at radius 1 is 1.18 bits per heavy atom. The molecule has 1 amide bonds. The molecule has 0 unspecified atom stereocenters. The van der Waals surface area contributed by atoms with Gasteiger partial charge in [-0.15, -0.1) is 11.3 Å². The van der Waals surface area contributed by atoms with Crippen LogP contribution < -0.4 is 10.9 Å². The van der Waals surface area contributed by atoms with E-state index in [1.165, 1.54) is 23.1 Å². The maximum atomic E-state index is 12.6. The zero-order chi connectivity index (χ0) is 22.9. The third kappa shape index (κ3) is 4.76. The number of carbonyl (C=O) groups is 1. The number of thioether (sulfide) groups is 1. The average molecular weight is 497 g/mol. The fourth-order valence-corrected chi connectivity index (χ4v) is 6.57. The van der Waals surface area contributed by atoms with Crippen LogP contribution in [0.2, 0.25) is 0 Å². The summed E-state index contributed by atoms with van der Waals surface area (Å²) in [5, 5.41) is 3.53. The van der Waals surface area contributed by atoms with E-state index in [-0.39, 0.29) is 17.2 Å². The smallest absolute Gasteiger partial charge is 0.250 e. The summed E-state index contributed by atoms with van der Waals surface area (Å²) in [6.07, 6.45) is 1.08. The number of hydrogen-bond acceptors (Lipinski definition) is 6. The van der Waals surface area contributed by atoms with Gasteiger partial charge < -0.3 is 14.8 Å². The third-order valence-corrected chi connectivity index (χ3v) is 8.56. The van der Waals surface area contributed by atoms with Gasteiger partial charge in [-0.1, -0.05) is 60.4 Å². The molecule has 1 saturated heterocycles. The van der Waals surface area contributed by atoms with E-state index in [1.54, 1.807) is 6.07 Å². The number of aromatic nitrogens is 2. The molecule has 0 saturated carbocycles. The Balaban J connectivity index is 1.18. The summed E-state index contributed by atoms with van der Waals surface area (Å²) < 4.78 is 2.66. The Labute approximate surface area is 206 Å². The number of thiazole rings is 1. The average Bonchev–Trinajstić information content (AvgIpc) is 3.18. The van der Waals surface area contributed by atoms with Crippen molar-refractivity contribution in [2.45, 2.75) is 25.8 Å². The summed E-state index contributed by atoms with van der Waals surface area (Å²) in [4.78, 5) is 32.7. The van der Waals surface area contributed by atoms with Crippen molar-refractivity contribution in [3.63, 3.8) is 0 Å². The van der Waals surface area contributed by atoms with E-state index < -0.39 is 0 Å². The minimum atomic E-state index is -0.107. The van der Waals surface area contributed by atoms with Crippen LogP contribution in [0, 0.1) is 12.8 Å². The van der Waals surface area contributed by atoms with Crippen LogP contribution in [-0.4, -0.2) is 43.5 Å². The fraction of sp³-hybridized carbons (Fsp3) is 0.333. The van der Waals surface area contributed by atoms with Gasteiger partial charge in [0.2, 0.25) is 5.91 Å². The standard InChI is InChI=1S/C24H24N4O2S3/c1-15-22(17-6-3-2-4-7-17)26-23(33-15)25-20(29)14-32-24(31)27-11-16-10-18(13-27)19-8-5-9-21(30)28(19)12-16/h2-9,16,18H,10-14H2,1H3,(H,25,26,29)/t16-,18+/m0/s1. The number of fused-ring (bicyclic) bond motifs is 4. The molecule has 1 fully saturated rings. The van der Waals surface area contributed by atoms with Gasteiger partial charge in [0.1, 0.15) is 4.32 Å². The first-order valence-corrected chi connectivity index (χ1v) is 13.1. The molecule has 4 heterocycles. The highest BCUT2D eigenvalue weighted by Gasteiger charge is 2.35. The molecule has 5 rings (SSSR count). The van der Waals surface area contributed by atoms with Gasteiger partial charge in [-0.05, 0) is 25.3 Å². The number of benzene rings is 1. The lowest BCUT2D eigenvalue weighted by Gasteiger charge is -2.43. The molecule has 33 heavy (non-hydrogen) atoms. The van der Waals surface area contributed by atoms with Crippen LogP contribution >= 0.6 is 35.3 Å². The number of aryl methyl sites for hydroxylation is 1. The second kappa shape index (κ2) is 9.40. The summed E-state index contributed by atoms with van der Waals surface area (Å²) >= 11 is 8.55. The lowest BCUT2D eigenvalue weighted by atomic mass is 9.83. The van der Waals surface area contributed by atoms with E-state index in [2.05, 4.69) is 21.3 Å². The summed E-state index contributed by atoms with van der Waals surface area (Å²) in [5.41, 5.74) is 3.12. The molecule has 9 heteroatoms. The fourth-order valence-electron chi connectivity index (χ4n) is 4.73. The van der Waals surface area contributed by atoms with Crippen molar-refractivity contribution < 1.29 is 4.79 Å². The van der Waals surface area contributed by atoms with Crippen LogP contribution in [0.1, 0.15) is 22.9 Å². The third-order valence-electron chi connectivity index (χ3n) is 6.15. The SMILES string of the molecule is Cc1sc(NC(=O)CSC(=S)N2C[C@@H]3C[C@H](C2)c2cccc(=O)n2C3)nc1-c1ccccc1. The quantitative estimate of drug-likeness (QED) is 0.542. The van der Waals surface area contributed by atoms with Crippen LogP contribution in [0.15, 0.2) is 53.3 Å². The van der Waals surface area contributed by atoms with Crippen LogP contribution in [0.5, 0.6) is 0 Å². The predicted octanol–water partition coefficient (Wildman–Crippen LogP) is 4.36. The molecule has 0 spiro atoms. The molecule has 2 aliphatic heterocycles. The lowest BCUT2D eigenvalue weighted by molar-refractivity contribution is -0.113. The summed E-state index contributed by atoms with van der Waals surface area (Å²) in [7, 11) is 0. The van der Waals surface area contributed by atoms with Crippen LogP contribution in [0.3, 0.4) is 0 Å². The topological polar surface area (TPSA) is 67.2 Å². The van der Waals surface area contributed by atoms with Gasteiger partial charge in [0.25, 0.3) is 5.56 Å². The number of thiocarbonyl (C=S) groups is 1. The maximum Gasteiger partial charge on any atom is 0.250 e. The molecule has 0 radical (unpaired) electrons. The molecule has 1 aromatic carbocycles. The summed E-state index contributed by atoms with van der Waals surface area (Å²) in [6, 6.07) is 15.5. The summed E-state index contributed by atoms with van der Waals surface area (Å²) in [6.45, 7) is 4.37. The van der Waals surface area contributed by atoms with Crippen molar-refractivity contribution in [3.8, 4) is 11.3 Å². The molecule has 3 aromatic rings. The molecular weight excluding hydrogens is 472 g/mol. The highest BCUT2D eigenvalue weighted by Crippen LogP contribution is 2.36. The molecule has 170 valence electrons. The van der Waals surface area contributed by atoms with Crippen molar-refractivity contribution in [2.75, 3.05) is 24.2 Å². The molecular formula is C24H24N4O2S3. The minimum Gasteiger partial charge on any atom is -0.356 e. The largest absolute Gasteiger partial charge is 0.356 e. The Bertz CT molecular complexity index is 1250. The predicted molar refractivity (Wildman–Crippen MR) is 139 cm³/mol. The molecule has 1 N–H and O–H groups in total. The number of carbonyl (C=O) groups excluding carboxylic acids is 1. The van der Waals surface area contributed by atoms with Crippen LogP contribution in [-0.2, 0) is 11.3 Å². The van der Waals surface area contributed by atoms with Gasteiger partial charge in [0.05, 0.1) is 11.4 Å². The first kappa shape index (κ1) is 22.3.